The van der Waals surface area contributed by atoms with E-state index in [0.717, 1.165) is 11.0 Å². The van der Waals surface area contributed by atoms with E-state index in [4.69, 9.17) is 9.63 Å². The van der Waals surface area contributed by atoms with Gasteiger partial charge in [-0.3, -0.25) is 0 Å². The van der Waals surface area contributed by atoms with E-state index >= 15 is 0 Å². The molecule has 10 heteroatoms. The fourth-order valence-corrected chi connectivity index (χ4v) is 1.09. The first-order valence-electron chi connectivity index (χ1n) is 4.29. The molecule has 0 spiro atoms. The van der Waals surface area contributed by atoms with Crippen molar-refractivity contribution in [2.75, 3.05) is 0 Å². The Balaban J connectivity index is 2.13. The van der Waals surface area contributed by atoms with Gasteiger partial charge in [-0.25, -0.2) is 4.79 Å². The molecule has 1 N–H and O–H groups in total. The fourth-order valence-electron chi connectivity index (χ4n) is 1.09. The summed E-state index contributed by atoms with van der Waals surface area (Å²) in [5.41, 5.74) is -0.241. The largest absolute Gasteiger partial charge is 0.490 e. The molecule has 10 nitrogen and oxygen atoms in total. The van der Waals surface area contributed by atoms with Crippen molar-refractivity contribution < 1.29 is 19.3 Å². The molecule has 2 heterocycles. The molecule has 0 fully saturated rings. The Bertz CT molecular complexity index is 522. The lowest BCUT2D eigenvalue weighted by molar-refractivity contribution is -0.394. The minimum atomic E-state index is -1.22. The maximum Gasteiger partial charge on any atom is 0.490 e. The van der Waals surface area contributed by atoms with Crippen molar-refractivity contribution in [2.45, 2.75) is 6.54 Å². The first kappa shape index (κ1) is 10.7. The van der Waals surface area contributed by atoms with Crippen LogP contribution in [0, 0.1) is 10.1 Å². The zero-order chi connectivity index (χ0) is 12.4. The van der Waals surface area contributed by atoms with Gasteiger partial charge >= 0.3 is 11.9 Å². The van der Waals surface area contributed by atoms with Crippen LogP contribution in [0.15, 0.2) is 16.9 Å². The standard InChI is InChI=1S/C7H5N5O5/c13-6(14)5-1-4(17-10-5)2-11-3-8-7(9-11)12(15)16/h1,3H,2H2,(H,13,14). The maximum atomic E-state index is 10.5. The summed E-state index contributed by atoms with van der Waals surface area (Å²) in [6, 6.07) is 1.20. The van der Waals surface area contributed by atoms with Crippen molar-refractivity contribution in [3.8, 4) is 0 Å². The summed E-state index contributed by atoms with van der Waals surface area (Å²) in [6.45, 7) is 0.0150. The number of carboxylic acids is 1. The highest BCUT2D eigenvalue weighted by Crippen LogP contribution is 2.07. The van der Waals surface area contributed by atoms with Gasteiger partial charge in [0.05, 0.1) is 0 Å². The Labute approximate surface area is 92.6 Å². The predicted molar refractivity (Wildman–Crippen MR) is 49.2 cm³/mol. The third-order valence-electron chi connectivity index (χ3n) is 1.78. The molecule has 0 aliphatic heterocycles. The van der Waals surface area contributed by atoms with Gasteiger partial charge in [0, 0.05) is 11.2 Å². The van der Waals surface area contributed by atoms with Gasteiger partial charge in [-0.2, -0.15) is 4.68 Å². The molecule has 2 rings (SSSR count). The average molecular weight is 239 g/mol. The van der Waals surface area contributed by atoms with E-state index in [0.29, 0.717) is 0 Å². The number of carbonyl (C=O) groups is 1. The molecule has 0 aromatic carbocycles. The van der Waals surface area contributed by atoms with E-state index in [9.17, 15) is 14.9 Å². The summed E-state index contributed by atoms with van der Waals surface area (Å²) in [5, 5.41) is 25.7. The van der Waals surface area contributed by atoms with Crippen LogP contribution in [0.2, 0.25) is 0 Å². The number of carboxylic acid groups (broad SMARTS) is 1. The van der Waals surface area contributed by atoms with Crippen LogP contribution < -0.4 is 0 Å². The SMILES string of the molecule is O=C(O)c1cc(Cn2cnc([N+](=O)[O-])n2)on1. The van der Waals surface area contributed by atoms with E-state index in [2.05, 4.69) is 15.2 Å². The fraction of sp³-hybridized carbons (Fsp3) is 0.143. The number of aromatic nitrogens is 4. The molecule has 88 valence electrons. The molecule has 0 unspecified atom stereocenters. The normalized spacial score (nSPS) is 10.4. The van der Waals surface area contributed by atoms with Crippen LogP contribution in [0.25, 0.3) is 0 Å². The first-order chi connectivity index (χ1) is 8.06. The Kier molecular flexibility index (Phi) is 2.52. The molecule has 0 amide bonds. The van der Waals surface area contributed by atoms with Gasteiger partial charge in [-0.15, -0.1) is 0 Å². The summed E-state index contributed by atoms with van der Waals surface area (Å²) >= 11 is 0. The van der Waals surface area contributed by atoms with Crippen LogP contribution in [-0.2, 0) is 6.54 Å². The second kappa shape index (κ2) is 4.00. The van der Waals surface area contributed by atoms with Crippen molar-refractivity contribution in [2.24, 2.45) is 0 Å². The highest BCUT2D eigenvalue weighted by molar-refractivity contribution is 5.85. The number of nitro groups is 1. The lowest BCUT2D eigenvalue weighted by Gasteiger charge is -1.89. The van der Waals surface area contributed by atoms with E-state index in [-0.39, 0.29) is 18.0 Å². The lowest BCUT2D eigenvalue weighted by Crippen LogP contribution is -2.00. The molecule has 2 aromatic rings. The van der Waals surface area contributed by atoms with E-state index in [1.54, 1.807) is 0 Å². The van der Waals surface area contributed by atoms with Crippen molar-refractivity contribution in [1.29, 1.82) is 0 Å². The molecule has 2 aromatic heterocycles. The Morgan fingerprint density at radius 3 is 2.94 bits per heavy atom. The van der Waals surface area contributed by atoms with Gasteiger partial charge in [0.2, 0.25) is 6.33 Å². The quantitative estimate of drug-likeness (QED) is 0.577. The van der Waals surface area contributed by atoms with Gasteiger partial charge in [0.1, 0.15) is 6.54 Å². The molecule has 0 aliphatic carbocycles. The van der Waals surface area contributed by atoms with E-state index in [1.807, 2.05) is 0 Å². The van der Waals surface area contributed by atoms with Gasteiger partial charge < -0.3 is 19.7 Å². The first-order valence-corrected chi connectivity index (χ1v) is 4.29. The number of rotatable bonds is 4. The molecular formula is C7H5N5O5. The summed E-state index contributed by atoms with van der Waals surface area (Å²) in [5.74, 6) is -1.55. The Morgan fingerprint density at radius 1 is 1.65 bits per heavy atom. The Morgan fingerprint density at radius 2 is 2.41 bits per heavy atom. The van der Waals surface area contributed by atoms with Crippen molar-refractivity contribution in [3.63, 3.8) is 0 Å². The van der Waals surface area contributed by atoms with Crippen LogP contribution in [0.1, 0.15) is 16.2 Å². The van der Waals surface area contributed by atoms with Gasteiger partial charge in [0.25, 0.3) is 0 Å². The average Bonchev–Trinajstić information content (AvgIpc) is 2.87. The van der Waals surface area contributed by atoms with E-state index in [1.165, 1.54) is 6.07 Å². The molecule has 0 radical (unpaired) electrons. The van der Waals surface area contributed by atoms with Crippen molar-refractivity contribution in [1.82, 2.24) is 19.9 Å². The lowest BCUT2D eigenvalue weighted by atomic mass is 10.3. The van der Waals surface area contributed by atoms with Crippen LogP contribution >= 0.6 is 0 Å². The van der Waals surface area contributed by atoms with Gasteiger partial charge in [0.15, 0.2) is 11.5 Å². The smallest absolute Gasteiger partial charge is 0.476 e. The molecule has 17 heavy (non-hydrogen) atoms. The predicted octanol–water partition coefficient (Wildman–Crippen LogP) is -0.0792. The summed E-state index contributed by atoms with van der Waals surface area (Å²) in [6.07, 6.45) is 1.14. The molecule has 0 bridgehead atoms. The maximum absolute atomic E-state index is 10.5. The van der Waals surface area contributed by atoms with Crippen LogP contribution in [0.5, 0.6) is 0 Å². The Hall–Kier alpha value is -2.78. The summed E-state index contributed by atoms with van der Waals surface area (Å²) in [4.78, 5) is 23.5. The molecule has 0 atom stereocenters. The zero-order valence-corrected chi connectivity index (χ0v) is 8.18. The number of hydrogen-bond acceptors (Lipinski definition) is 7. The monoisotopic (exact) mass is 239 g/mol. The summed E-state index contributed by atoms with van der Waals surface area (Å²) < 4.78 is 5.85. The second-order valence-corrected chi connectivity index (χ2v) is 2.98. The molecule has 0 saturated carbocycles. The number of aromatic carboxylic acids is 1. The van der Waals surface area contributed by atoms with Crippen molar-refractivity contribution in [3.05, 3.63) is 34.0 Å². The van der Waals surface area contributed by atoms with Crippen LogP contribution in [0.4, 0.5) is 5.95 Å². The van der Waals surface area contributed by atoms with Crippen molar-refractivity contribution >= 4 is 11.9 Å². The second-order valence-electron chi connectivity index (χ2n) is 2.98. The third-order valence-corrected chi connectivity index (χ3v) is 1.78. The van der Waals surface area contributed by atoms with Gasteiger partial charge in [-0.1, -0.05) is 10.1 Å². The highest BCUT2D eigenvalue weighted by atomic mass is 16.6. The number of nitrogens with zero attached hydrogens (tertiary/aromatic N) is 5. The van der Waals surface area contributed by atoms with Crippen LogP contribution in [-0.4, -0.2) is 35.9 Å². The minimum absolute atomic E-state index is 0.0150. The van der Waals surface area contributed by atoms with E-state index < -0.39 is 16.8 Å². The molecule has 0 aliphatic rings. The summed E-state index contributed by atoms with van der Waals surface area (Å²) in [7, 11) is 0. The van der Waals surface area contributed by atoms with Gasteiger partial charge in [-0.05, 0) is 4.92 Å². The molecular weight excluding hydrogens is 234 g/mol. The minimum Gasteiger partial charge on any atom is -0.476 e. The zero-order valence-electron chi connectivity index (χ0n) is 8.18. The molecule has 0 saturated heterocycles. The third kappa shape index (κ3) is 2.25. The topological polar surface area (TPSA) is 137 Å². The number of hydrogen-bond donors (Lipinski definition) is 1. The van der Waals surface area contributed by atoms with Crippen LogP contribution in [0.3, 0.4) is 0 Å². The highest BCUT2D eigenvalue weighted by Gasteiger charge is 2.16.